The average Bonchev–Trinajstić information content (AvgIpc) is 2.90. The Kier molecular flexibility index (Phi) is 5.56. The minimum atomic E-state index is 0.383. The van der Waals surface area contributed by atoms with Crippen molar-refractivity contribution in [1.29, 1.82) is 0 Å². The second-order valence-electron chi connectivity index (χ2n) is 5.05. The molecule has 0 amide bonds. The summed E-state index contributed by atoms with van der Waals surface area (Å²) in [5, 5.41) is 0.659. The molecule has 20 heavy (non-hydrogen) atoms. The molecule has 0 saturated heterocycles. The molecule has 1 atom stereocenters. The third-order valence-corrected chi connectivity index (χ3v) is 4.54. The zero-order valence-electron chi connectivity index (χ0n) is 12.2. The molecular formula is C16H23N3S. The molecule has 0 bridgehead atoms. The van der Waals surface area contributed by atoms with Crippen LogP contribution in [0.5, 0.6) is 0 Å². The molecule has 1 unspecified atom stereocenters. The SMILES string of the molecule is CCCN(CCc1ccccc1)C(C)c1cnc(N)s1. The van der Waals surface area contributed by atoms with Crippen LogP contribution in [-0.2, 0) is 6.42 Å². The molecular weight excluding hydrogens is 266 g/mol. The number of nitrogen functional groups attached to an aromatic ring is 1. The lowest BCUT2D eigenvalue weighted by atomic mass is 10.1. The minimum absolute atomic E-state index is 0.383. The maximum atomic E-state index is 5.74. The van der Waals surface area contributed by atoms with Gasteiger partial charge in [-0.1, -0.05) is 37.3 Å². The van der Waals surface area contributed by atoms with E-state index in [0.717, 1.165) is 25.9 Å². The fourth-order valence-electron chi connectivity index (χ4n) is 2.38. The van der Waals surface area contributed by atoms with Crippen LogP contribution in [0.4, 0.5) is 5.13 Å². The Morgan fingerprint density at radius 1 is 1.25 bits per heavy atom. The summed E-state index contributed by atoms with van der Waals surface area (Å²) in [6.45, 7) is 6.64. The van der Waals surface area contributed by atoms with E-state index in [9.17, 15) is 0 Å². The van der Waals surface area contributed by atoms with Crippen molar-refractivity contribution in [2.75, 3.05) is 18.8 Å². The quantitative estimate of drug-likeness (QED) is 0.844. The molecule has 108 valence electrons. The Labute approximate surface area is 125 Å². The number of anilines is 1. The summed E-state index contributed by atoms with van der Waals surface area (Å²) in [6.07, 6.45) is 4.16. The van der Waals surface area contributed by atoms with E-state index in [1.165, 1.54) is 10.4 Å². The van der Waals surface area contributed by atoms with Crippen molar-refractivity contribution in [3.05, 3.63) is 47.0 Å². The minimum Gasteiger partial charge on any atom is -0.375 e. The van der Waals surface area contributed by atoms with Crippen LogP contribution < -0.4 is 5.73 Å². The lowest BCUT2D eigenvalue weighted by Gasteiger charge is -2.27. The number of hydrogen-bond donors (Lipinski definition) is 1. The van der Waals surface area contributed by atoms with Crippen LogP contribution in [0.25, 0.3) is 0 Å². The molecule has 4 heteroatoms. The second-order valence-corrected chi connectivity index (χ2v) is 6.14. The first kappa shape index (κ1) is 15.0. The third-order valence-electron chi connectivity index (χ3n) is 3.54. The molecule has 0 fully saturated rings. The fourth-order valence-corrected chi connectivity index (χ4v) is 3.15. The summed E-state index contributed by atoms with van der Waals surface area (Å²) in [5.74, 6) is 0. The Balaban J connectivity index is 1.99. The average molecular weight is 289 g/mol. The van der Waals surface area contributed by atoms with Gasteiger partial charge in [0.15, 0.2) is 5.13 Å². The van der Waals surface area contributed by atoms with E-state index in [4.69, 9.17) is 5.73 Å². The summed E-state index contributed by atoms with van der Waals surface area (Å²) in [7, 11) is 0. The molecule has 0 radical (unpaired) electrons. The number of benzene rings is 1. The molecule has 2 rings (SSSR count). The summed E-state index contributed by atoms with van der Waals surface area (Å²) in [6, 6.07) is 11.0. The molecule has 2 aromatic rings. The second kappa shape index (κ2) is 7.41. The van der Waals surface area contributed by atoms with Crippen molar-refractivity contribution in [3.63, 3.8) is 0 Å². The van der Waals surface area contributed by atoms with Crippen LogP contribution in [0.3, 0.4) is 0 Å². The van der Waals surface area contributed by atoms with Crippen molar-refractivity contribution >= 4 is 16.5 Å². The van der Waals surface area contributed by atoms with E-state index in [0.29, 0.717) is 11.2 Å². The van der Waals surface area contributed by atoms with Crippen molar-refractivity contribution in [2.45, 2.75) is 32.7 Å². The van der Waals surface area contributed by atoms with Gasteiger partial charge < -0.3 is 5.73 Å². The van der Waals surface area contributed by atoms with E-state index in [-0.39, 0.29) is 0 Å². The first-order chi connectivity index (χ1) is 9.70. The Bertz CT molecular complexity index is 509. The van der Waals surface area contributed by atoms with E-state index in [1.54, 1.807) is 11.3 Å². The van der Waals surface area contributed by atoms with Crippen molar-refractivity contribution < 1.29 is 0 Å². The topological polar surface area (TPSA) is 42.2 Å². The van der Waals surface area contributed by atoms with Gasteiger partial charge in [0.2, 0.25) is 0 Å². The molecule has 3 nitrogen and oxygen atoms in total. The van der Waals surface area contributed by atoms with Gasteiger partial charge in [-0.2, -0.15) is 0 Å². The van der Waals surface area contributed by atoms with Crippen LogP contribution in [0.1, 0.15) is 36.8 Å². The molecule has 0 saturated carbocycles. The molecule has 1 heterocycles. The Hall–Kier alpha value is -1.39. The van der Waals surface area contributed by atoms with E-state index in [2.05, 4.69) is 54.1 Å². The van der Waals surface area contributed by atoms with Crippen molar-refractivity contribution in [1.82, 2.24) is 9.88 Å². The zero-order valence-corrected chi connectivity index (χ0v) is 13.1. The predicted octanol–water partition coefficient (Wildman–Crippen LogP) is 3.74. The Morgan fingerprint density at radius 3 is 2.60 bits per heavy atom. The normalized spacial score (nSPS) is 12.8. The number of aromatic nitrogens is 1. The maximum absolute atomic E-state index is 5.74. The summed E-state index contributed by atoms with van der Waals surface area (Å²) in [4.78, 5) is 7.94. The van der Waals surface area contributed by atoms with Gasteiger partial charge in [0.05, 0.1) is 0 Å². The van der Waals surface area contributed by atoms with Gasteiger partial charge in [-0.15, -0.1) is 11.3 Å². The highest BCUT2D eigenvalue weighted by molar-refractivity contribution is 7.15. The molecule has 1 aromatic carbocycles. The highest BCUT2D eigenvalue weighted by Gasteiger charge is 2.17. The molecule has 0 aliphatic heterocycles. The number of nitrogens with two attached hydrogens (primary N) is 1. The molecule has 0 aliphatic carbocycles. The smallest absolute Gasteiger partial charge is 0.180 e. The number of thiazole rings is 1. The van der Waals surface area contributed by atoms with Gasteiger partial charge in [-0.05, 0) is 31.9 Å². The summed E-state index contributed by atoms with van der Waals surface area (Å²) in [5.41, 5.74) is 7.14. The van der Waals surface area contributed by atoms with Gasteiger partial charge >= 0.3 is 0 Å². The van der Waals surface area contributed by atoms with Crippen LogP contribution in [0.15, 0.2) is 36.5 Å². The first-order valence-corrected chi connectivity index (χ1v) is 8.01. The van der Waals surface area contributed by atoms with Gasteiger partial charge in [0.25, 0.3) is 0 Å². The van der Waals surface area contributed by atoms with Gasteiger partial charge in [-0.25, -0.2) is 4.98 Å². The highest BCUT2D eigenvalue weighted by atomic mass is 32.1. The van der Waals surface area contributed by atoms with E-state index >= 15 is 0 Å². The highest BCUT2D eigenvalue weighted by Crippen LogP contribution is 2.27. The first-order valence-electron chi connectivity index (χ1n) is 7.20. The van der Waals surface area contributed by atoms with E-state index < -0.39 is 0 Å². The number of rotatable bonds is 7. The number of nitrogens with zero attached hydrogens (tertiary/aromatic N) is 2. The van der Waals surface area contributed by atoms with Crippen molar-refractivity contribution in [2.24, 2.45) is 0 Å². The zero-order chi connectivity index (χ0) is 14.4. The fraction of sp³-hybridized carbons (Fsp3) is 0.438. The third kappa shape index (κ3) is 4.05. The van der Waals surface area contributed by atoms with Crippen LogP contribution >= 0.6 is 11.3 Å². The van der Waals surface area contributed by atoms with Gasteiger partial charge in [0, 0.05) is 23.7 Å². The van der Waals surface area contributed by atoms with Gasteiger partial charge in [-0.3, -0.25) is 4.90 Å². The molecule has 0 aliphatic rings. The van der Waals surface area contributed by atoms with E-state index in [1.807, 2.05) is 6.20 Å². The van der Waals surface area contributed by atoms with Gasteiger partial charge in [0.1, 0.15) is 0 Å². The summed E-state index contributed by atoms with van der Waals surface area (Å²) < 4.78 is 0. The lowest BCUT2D eigenvalue weighted by Crippen LogP contribution is -2.29. The maximum Gasteiger partial charge on any atom is 0.180 e. The standard InChI is InChI=1S/C16H23N3S/c1-3-10-19(11-9-14-7-5-4-6-8-14)13(2)15-12-18-16(17)20-15/h4-8,12-13H,3,9-11H2,1-2H3,(H2,17,18). The molecule has 1 aromatic heterocycles. The van der Waals surface area contributed by atoms with Crippen LogP contribution in [0.2, 0.25) is 0 Å². The van der Waals surface area contributed by atoms with Crippen LogP contribution in [-0.4, -0.2) is 23.0 Å². The monoisotopic (exact) mass is 289 g/mol. The van der Waals surface area contributed by atoms with Crippen molar-refractivity contribution in [3.8, 4) is 0 Å². The Morgan fingerprint density at radius 2 is 2.00 bits per heavy atom. The lowest BCUT2D eigenvalue weighted by molar-refractivity contribution is 0.216. The molecule has 2 N–H and O–H groups in total. The van der Waals surface area contributed by atoms with Crippen LogP contribution in [0, 0.1) is 0 Å². The number of hydrogen-bond acceptors (Lipinski definition) is 4. The molecule has 0 spiro atoms. The predicted molar refractivity (Wildman–Crippen MR) is 87.0 cm³/mol. The largest absolute Gasteiger partial charge is 0.375 e. The summed E-state index contributed by atoms with van der Waals surface area (Å²) >= 11 is 1.60.